The van der Waals surface area contributed by atoms with Gasteiger partial charge in [0, 0.05) is 37.7 Å². The number of carbonyl (C=O) groups excluding carboxylic acids is 1. The lowest BCUT2D eigenvalue weighted by atomic mass is 10.2. The summed E-state index contributed by atoms with van der Waals surface area (Å²) in [7, 11) is 0. The number of carbonyl (C=O) groups is 1. The first-order valence-electron chi connectivity index (χ1n) is 9.47. The molecule has 160 valence electrons. The van der Waals surface area contributed by atoms with Gasteiger partial charge >= 0.3 is 0 Å². The van der Waals surface area contributed by atoms with Gasteiger partial charge in [-0.15, -0.1) is 0 Å². The molecular weight excluding hydrogens is 415 g/mol. The van der Waals surface area contributed by atoms with Crippen molar-refractivity contribution in [3.8, 4) is 5.75 Å². The van der Waals surface area contributed by atoms with Crippen LogP contribution in [0.2, 0.25) is 5.02 Å². The van der Waals surface area contributed by atoms with Crippen molar-refractivity contribution in [1.29, 1.82) is 0 Å². The number of rotatable bonds is 8. The number of nitro groups is 1. The molecule has 1 amide bonds. The minimum absolute atomic E-state index is 0.00983. The molecule has 1 fully saturated rings. The summed E-state index contributed by atoms with van der Waals surface area (Å²) in [4.78, 5) is 26.8. The second-order valence-electron chi connectivity index (χ2n) is 6.89. The Morgan fingerprint density at radius 1 is 1.13 bits per heavy atom. The van der Waals surface area contributed by atoms with Crippen molar-refractivity contribution < 1.29 is 18.8 Å². The van der Waals surface area contributed by atoms with Crippen molar-refractivity contribution in [1.82, 2.24) is 9.80 Å². The van der Waals surface area contributed by atoms with Crippen LogP contribution in [0.5, 0.6) is 5.75 Å². The van der Waals surface area contributed by atoms with Crippen LogP contribution in [0.1, 0.15) is 0 Å². The van der Waals surface area contributed by atoms with Gasteiger partial charge in [0.15, 0.2) is 0 Å². The van der Waals surface area contributed by atoms with Crippen LogP contribution in [0, 0.1) is 15.9 Å². The first kappa shape index (κ1) is 21.9. The molecule has 2 aromatic carbocycles. The Bertz CT molecular complexity index is 889. The third-order valence-corrected chi connectivity index (χ3v) is 5.00. The molecular formula is C20H22ClFN4O4. The molecule has 1 aliphatic rings. The minimum atomic E-state index is -0.726. The van der Waals surface area contributed by atoms with Crippen LogP contribution in [0.25, 0.3) is 0 Å². The number of nitro benzene ring substituents is 1. The lowest BCUT2D eigenvalue weighted by Gasteiger charge is -2.34. The maximum atomic E-state index is 13.2. The van der Waals surface area contributed by atoms with Crippen molar-refractivity contribution in [3.05, 3.63) is 63.4 Å². The summed E-state index contributed by atoms with van der Waals surface area (Å²) in [5.74, 6) is -0.329. The highest BCUT2D eigenvalue weighted by molar-refractivity contribution is 6.30. The largest absolute Gasteiger partial charge is 0.492 e. The Hall–Kier alpha value is -2.75. The van der Waals surface area contributed by atoms with Crippen LogP contribution < -0.4 is 10.1 Å². The molecule has 0 saturated carbocycles. The Morgan fingerprint density at radius 2 is 1.80 bits per heavy atom. The van der Waals surface area contributed by atoms with E-state index in [1.165, 1.54) is 6.07 Å². The first-order valence-corrected chi connectivity index (χ1v) is 9.85. The molecule has 0 aliphatic carbocycles. The summed E-state index contributed by atoms with van der Waals surface area (Å²) in [5.41, 5.74) is -0.474. The highest BCUT2D eigenvalue weighted by Gasteiger charge is 2.21. The number of anilines is 1. The molecule has 1 aliphatic heterocycles. The molecule has 1 heterocycles. The predicted molar refractivity (Wildman–Crippen MR) is 112 cm³/mol. The molecule has 8 nitrogen and oxygen atoms in total. The van der Waals surface area contributed by atoms with Gasteiger partial charge in [0.2, 0.25) is 5.91 Å². The average Bonchev–Trinajstić information content (AvgIpc) is 2.72. The summed E-state index contributed by atoms with van der Waals surface area (Å²) >= 11 is 5.85. The van der Waals surface area contributed by atoms with Crippen molar-refractivity contribution in [3.63, 3.8) is 0 Å². The summed E-state index contributed by atoms with van der Waals surface area (Å²) in [5, 5.41) is 14.2. The van der Waals surface area contributed by atoms with E-state index in [1.807, 2.05) is 17.0 Å². The molecule has 1 saturated heterocycles. The fraction of sp³-hybridized carbons (Fsp3) is 0.350. The van der Waals surface area contributed by atoms with Gasteiger partial charge in [-0.05, 0) is 36.4 Å². The number of nitrogens with one attached hydrogen (secondary N) is 1. The monoisotopic (exact) mass is 436 g/mol. The Balaban J connectivity index is 1.39. The van der Waals surface area contributed by atoms with E-state index >= 15 is 0 Å². The molecule has 30 heavy (non-hydrogen) atoms. The van der Waals surface area contributed by atoms with Crippen LogP contribution in [-0.4, -0.2) is 66.5 Å². The molecule has 0 spiro atoms. The van der Waals surface area contributed by atoms with Gasteiger partial charge in [0.05, 0.1) is 17.5 Å². The Morgan fingerprint density at radius 3 is 2.47 bits per heavy atom. The van der Waals surface area contributed by atoms with E-state index in [1.54, 1.807) is 12.1 Å². The van der Waals surface area contributed by atoms with Gasteiger partial charge in [0.1, 0.15) is 23.9 Å². The first-order chi connectivity index (χ1) is 14.4. The van der Waals surface area contributed by atoms with Crippen LogP contribution in [-0.2, 0) is 4.79 Å². The van der Waals surface area contributed by atoms with Gasteiger partial charge < -0.3 is 10.1 Å². The number of piperazine rings is 1. The molecule has 3 rings (SSSR count). The van der Waals surface area contributed by atoms with Crippen molar-refractivity contribution in [2.45, 2.75) is 0 Å². The normalized spacial score (nSPS) is 15.0. The molecule has 0 bridgehead atoms. The fourth-order valence-electron chi connectivity index (χ4n) is 3.15. The molecule has 2 aromatic rings. The minimum Gasteiger partial charge on any atom is -0.492 e. The predicted octanol–water partition coefficient (Wildman–Crippen LogP) is 3.02. The standard InChI is InChI=1S/C20H22ClFN4O4/c21-15-1-4-17(5-2-15)30-12-11-24-7-9-25(10-8-24)14-20(27)23-18-6-3-16(22)13-19(18)26(28)29/h1-6,13H,7-12,14H2,(H,23,27). The quantitative estimate of drug-likeness (QED) is 0.505. The SMILES string of the molecule is O=C(CN1CCN(CCOc2ccc(Cl)cc2)CC1)Nc1ccc(F)cc1[N+](=O)[O-]. The van der Waals surface area contributed by atoms with E-state index in [2.05, 4.69) is 10.2 Å². The third kappa shape index (κ3) is 6.38. The van der Waals surface area contributed by atoms with Gasteiger partial charge in [-0.2, -0.15) is 0 Å². The molecule has 0 atom stereocenters. The number of ether oxygens (including phenoxy) is 1. The van der Waals surface area contributed by atoms with Gasteiger partial charge in [-0.1, -0.05) is 11.6 Å². The summed E-state index contributed by atoms with van der Waals surface area (Å²) in [6.45, 7) is 4.39. The number of hydrogen-bond acceptors (Lipinski definition) is 6. The summed E-state index contributed by atoms with van der Waals surface area (Å²) in [6.07, 6.45) is 0. The number of amides is 1. The molecule has 0 radical (unpaired) electrons. The van der Waals surface area contributed by atoms with Gasteiger partial charge in [-0.25, -0.2) is 4.39 Å². The van der Waals surface area contributed by atoms with E-state index in [0.29, 0.717) is 24.7 Å². The molecule has 0 aromatic heterocycles. The summed E-state index contributed by atoms with van der Waals surface area (Å²) < 4.78 is 18.9. The van der Waals surface area contributed by atoms with E-state index in [9.17, 15) is 19.3 Å². The highest BCUT2D eigenvalue weighted by atomic mass is 35.5. The second kappa shape index (κ2) is 10.3. The van der Waals surface area contributed by atoms with Crippen molar-refractivity contribution in [2.24, 2.45) is 0 Å². The number of hydrogen-bond donors (Lipinski definition) is 1. The van der Waals surface area contributed by atoms with Crippen LogP contribution in [0.15, 0.2) is 42.5 Å². The zero-order valence-electron chi connectivity index (χ0n) is 16.2. The van der Waals surface area contributed by atoms with E-state index < -0.39 is 16.4 Å². The van der Waals surface area contributed by atoms with Crippen LogP contribution in [0.4, 0.5) is 15.8 Å². The van der Waals surface area contributed by atoms with Crippen LogP contribution >= 0.6 is 11.6 Å². The topological polar surface area (TPSA) is 88.0 Å². The summed E-state index contributed by atoms with van der Waals surface area (Å²) in [6, 6.07) is 10.3. The maximum Gasteiger partial charge on any atom is 0.295 e. The van der Waals surface area contributed by atoms with E-state index in [-0.39, 0.29) is 18.1 Å². The van der Waals surface area contributed by atoms with Crippen molar-refractivity contribution in [2.75, 3.05) is 51.2 Å². The number of nitrogens with zero attached hydrogens (tertiary/aromatic N) is 3. The lowest BCUT2D eigenvalue weighted by Crippen LogP contribution is -2.49. The van der Waals surface area contributed by atoms with E-state index in [4.69, 9.17) is 16.3 Å². The molecule has 10 heteroatoms. The smallest absolute Gasteiger partial charge is 0.295 e. The zero-order valence-corrected chi connectivity index (χ0v) is 17.0. The molecule has 1 N–H and O–H groups in total. The van der Waals surface area contributed by atoms with Crippen LogP contribution in [0.3, 0.4) is 0 Å². The highest BCUT2D eigenvalue weighted by Crippen LogP contribution is 2.25. The lowest BCUT2D eigenvalue weighted by molar-refractivity contribution is -0.384. The second-order valence-corrected chi connectivity index (χ2v) is 7.32. The number of benzene rings is 2. The van der Waals surface area contributed by atoms with Gasteiger partial charge in [0.25, 0.3) is 5.69 Å². The molecule has 0 unspecified atom stereocenters. The maximum absolute atomic E-state index is 13.2. The van der Waals surface area contributed by atoms with Crippen molar-refractivity contribution >= 4 is 28.9 Å². The number of halogens is 2. The fourth-order valence-corrected chi connectivity index (χ4v) is 3.27. The Labute approximate surface area is 178 Å². The average molecular weight is 437 g/mol. The third-order valence-electron chi connectivity index (χ3n) is 4.75. The Kier molecular flexibility index (Phi) is 7.56. The van der Waals surface area contributed by atoms with Gasteiger partial charge in [-0.3, -0.25) is 24.7 Å². The van der Waals surface area contributed by atoms with E-state index in [0.717, 1.165) is 37.5 Å². The zero-order chi connectivity index (χ0) is 21.5.